The molecule has 0 saturated heterocycles. The molecule has 0 spiro atoms. The van der Waals surface area contributed by atoms with Gasteiger partial charge in [0.1, 0.15) is 11.6 Å². The maximum atomic E-state index is 14.7. The van der Waals surface area contributed by atoms with E-state index < -0.39 is 34.6 Å². The van der Waals surface area contributed by atoms with Crippen LogP contribution in [0.2, 0.25) is 0 Å². The Morgan fingerprint density at radius 1 is 0.861 bits per heavy atom. The van der Waals surface area contributed by atoms with Crippen LogP contribution in [0, 0.1) is 11.6 Å². The highest BCUT2D eigenvalue weighted by atomic mass is 19.4. The lowest BCUT2D eigenvalue weighted by atomic mass is 10.0. The number of hydrogen-bond donors (Lipinski definition) is 1. The number of nitrogens with zero attached hydrogens (tertiary/aromatic N) is 1. The average Bonchev–Trinajstić information content (AvgIpc) is 2.84. The summed E-state index contributed by atoms with van der Waals surface area (Å²) in [5, 5.41) is 0.137. The van der Waals surface area contributed by atoms with Crippen molar-refractivity contribution in [3.8, 4) is 40.0 Å². The molecule has 1 N–H and O–H groups in total. The predicted octanol–water partition coefficient (Wildman–Crippen LogP) is 5.71. The van der Waals surface area contributed by atoms with Crippen molar-refractivity contribution in [2.75, 3.05) is 21.3 Å². The van der Waals surface area contributed by atoms with Gasteiger partial charge in [0.15, 0.2) is 17.3 Å². The van der Waals surface area contributed by atoms with Crippen LogP contribution in [0.1, 0.15) is 5.56 Å². The largest absolute Gasteiger partial charge is 0.491 e. The van der Waals surface area contributed by atoms with E-state index in [1.807, 2.05) is 0 Å². The molecule has 0 unspecified atom stereocenters. The van der Waals surface area contributed by atoms with Crippen molar-refractivity contribution < 1.29 is 40.9 Å². The van der Waals surface area contributed by atoms with E-state index >= 15 is 0 Å². The first-order chi connectivity index (χ1) is 17.1. The topological polar surface area (TPSA) is 82.7 Å². The van der Waals surface area contributed by atoms with Gasteiger partial charge in [-0.25, -0.2) is 8.78 Å². The number of nitrogens with one attached hydrogen (secondary N) is 1. The Hall–Kier alpha value is -4.35. The molecular formula is C24H17F5N2O5. The van der Waals surface area contributed by atoms with Gasteiger partial charge in [-0.1, -0.05) is 0 Å². The summed E-state index contributed by atoms with van der Waals surface area (Å²) in [7, 11) is 3.51. The second-order valence-corrected chi connectivity index (χ2v) is 7.32. The van der Waals surface area contributed by atoms with Crippen LogP contribution in [0.5, 0.6) is 28.7 Å². The number of aromatic nitrogens is 2. The van der Waals surface area contributed by atoms with Gasteiger partial charge in [-0.15, -0.1) is 0 Å². The Morgan fingerprint density at radius 3 is 2.19 bits per heavy atom. The first-order valence-corrected chi connectivity index (χ1v) is 10.1. The third kappa shape index (κ3) is 4.25. The lowest BCUT2D eigenvalue weighted by Crippen LogP contribution is -2.12. The fraction of sp³-hybridized carbons (Fsp3) is 0.167. The first-order valence-electron chi connectivity index (χ1n) is 10.1. The summed E-state index contributed by atoms with van der Waals surface area (Å²) in [6.07, 6.45) is -2.41. The predicted molar refractivity (Wildman–Crippen MR) is 119 cm³/mol. The molecule has 4 aromatic rings. The number of fused-ring (bicyclic) bond motifs is 1. The quantitative estimate of drug-likeness (QED) is 0.336. The van der Waals surface area contributed by atoms with E-state index in [-0.39, 0.29) is 45.2 Å². The molecule has 0 saturated carbocycles. The highest BCUT2D eigenvalue weighted by Crippen LogP contribution is 2.46. The van der Waals surface area contributed by atoms with Crippen molar-refractivity contribution in [3.63, 3.8) is 0 Å². The number of ether oxygens (including phenoxy) is 4. The van der Waals surface area contributed by atoms with Crippen LogP contribution in [0.15, 0.2) is 47.5 Å². The Morgan fingerprint density at radius 2 is 1.56 bits per heavy atom. The first kappa shape index (κ1) is 24.8. The minimum Gasteiger partial charge on any atom is -0.491 e. The Kier molecular flexibility index (Phi) is 6.44. The second-order valence-electron chi connectivity index (χ2n) is 7.32. The summed E-state index contributed by atoms with van der Waals surface area (Å²) in [4.78, 5) is 19.7. The number of methoxy groups -OCH3 is 3. The summed E-state index contributed by atoms with van der Waals surface area (Å²) >= 11 is 0. The van der Waals surface area contributed by atoms with Gasteiger partial charge < -0.3 is 23.9 Å². The number of alkyl halides is 3. The molecule has 0 atom stereocenters. The van der Waals surface area contributed by atoms with Crippen molar-refractivity contribution in [2.24, 2.45) is 0 Å². The van der Waals surface area contributed by atoms with Gasteiger partial charge in [0.25, 0.3) is 0 Å². The van der Waals surface area contributed by atoms with Gasteiger partial charge in [0, 0.05) is 18.0 Å². The van der Waals surface area contributed by atoms with E-state index in [4.69, 9.17) is 18.9 Å². The standard InChI is InChI=1S/C24H17F5N2O5/c1-33-21-14(25)4-5-17(22(21)34-2)36-18-9-13(24(27,28)29)15(26)8-11(18)19-23(35-3)20(32)12-10-30-7-6-16(12)31-19/h4-10H,1-3H3,(H,31,32). The van der Waals surface area contributed by atoms with Crippen molar-refractivity contribution in [1.29, 1.82) is 0 Å². The summed E-state index contributed by atoms with van der Waals surface area (Å²) in [6, 6.07) is 4.49. The van der Waals surface area contributed by atoms with Gasteiger partial charge in [0.2, 0.25) is 16.9 Å². The normalized spacial score (nSPS) is 11.4. The van der Waals surface area contributed by atoms with Crippen molar-refractivity contribution >= 4 is 10.9 Å². The van der Waals surface area contributed by atoms with Crippen LogP contribution in [0.4, 0.5) is 22.0 Å². The number of hydrogen-bond acceptors (Lipinski definition) is 6. The van der Waals surface area contributed by atoms with Crippen LogP contribution >= 0.6 is 0 Å². The molecular weight excluding hydrogens is 491 g/mol. The number of pyridine rings is 2. The summed E-state index contributed by atoms with van der Waals surface area (Å²) in [5.74, 6) is -4.13. The number of aromatic amines is 1. The zero-order chi connectivity index (χ0) is 26.2. The molecule has 0 aliphatic carbocycles. The van der Waals surface area contributed by atoms with Crippen LogP contribution in [-0.2, 0) is 6.18 Å². The molecule has 0 aliphatic rings. The SMILES string of the molecule is COc1c(F)ccc(Oc2cc(C(F)(F)F)c(F)cc2-c2[nH]c3ccncc3c(=O)c2OC)c1OC. The lowest BCUT2D eigenvalue weighted by Gasteiger charge is -2.19. The van der Waals surface area contributed by atoms with Gasteiger partial charge >= 0.3 is 6.18 Å². The van der Waals surface area contributed by atoms with E-state index in [9.17, 15) is 26.7 Å². The highest BCUT2D eigenvalue weighted by molar-refractivity contribution is 5.85. The number of rotatable bonds is 6. The second kappa shape index (κ2) is 9.36. The van der Waals surface area contributed by atoms with Crippen molar-refractivity contribution in [3.05, 3.63) is 70.1 Å². The van der Waals surface area contributed by atoms with E-state index in [2.05, 4.69) is 9.97 Å². The van der Waals surface area contributed by atoms with Gasteiger partial charge in [-0.3, -0.25) is 9.78 Å². The van der Waals surface area contributed by atoms with Crippen LogP contribution in [-0.4, -0.2) is 31.3 Å². The molecule has 4 rings (SSSR count). The Balaban J connectivity index is 2.03. The van der Waals surface area contributed by atoms with Gasteiger partial charge in [-0.2, -0.15) is 13.2 Å². The molecule has 2 aromatic carbocycles. The van der Waals surface area contributed by atoms with E-state index in [1.165, 1.54) is 32.7 Å². The lowest BCUT2D eigenvalue weighted by molar-refractivity contribution is -0.140. The van der Waals surface area contributed by atoms with E-state index in [0.29, 0.717) is 12.1 Å². The third-order valence-electron chi connectivity index (χ3n) is 5.26. The minimum absolute atomic E-state index is 0.137. The molecule has 12 heteroatoms. The molecule has 0 amide bonds. The zero-order valence-corrected chi connectivity index (χ0v) is 18.9. The van der Waals surface area contributed by atoms with E-state index in [0.717, 1.165) is 19.2 Å². The molecule has 0 aliphatic heterocycles. The van der Waals surface area contributed by atoms with Crippen LogP contribution in [0.25, 0.3) is 22.2 Å². The van der Waals surface area contributed by atoms with Gasteiger partial charge in [-0.05, 0) is 30.3 Å². The Bertz CT molecular complexity index is 1520. The molecule has 0 fully saturated rings. The summed E-state index contributed by atoms with van der Waals surface area (Å²) < 4.78 is 90.5. The number of benzene rings is 2. The van der Waals surface area contributed by atoms with Crippen LogP contribution < -0.4 is 24.4 Å². The molecule has 2 aromatic heterocycles. The fourth-order valence-electron chi connectivity index (χ4n) is 3.65. The van der Waals surface area contributed by atoms with Crippen LogP contribution in [0.3, 0.4) is 0 Å². The van der Waals surface area contributed by atoms with E-state index in [1.54, 1.807) is 0 Å². The third-order valence-corrected chi connectivity index (χ3v) is 5.26. The Labute approximate surface area is 200 Å². The zero-order valence-electron chi connectivity index (χ0n) is 18.9. The molecule has 7 nitrogen and oxygen atoms in total. The molecule has 0 radical (unpaired) electrons. The van der Waals surface area contributed by atoms with Crippen molar-refractivity contribution in [2.45, 2.75) is 6.18 Å². The molecule has 2 heterocycles. The molecule has 0 bridgehead atoms. The molecule has 188 valence electrons. The minimum atomic E-state index is -5.07. The van der Waals surface area contributed by atoms with Crippen molar-refractivity contribution in [1.82, 2.24) is 9.97 Å². The summed E-state index contributed by atoms with van der Waals surface area (Å²) in [6.45, 7) is 0. The monoisotopic (exact) mass is 508 g/mol. The fourth-order valence-corrected chi connectivity index (χ4v) is 3.65. The molecule has 36 heavy (non-hydrogen) atoms. The number of halogens is 5. The smallest absolute Gasteiger partial charge is 0.419 e. The number of H-pyrrole nitrogens is 1. The maximum absolute atomic E-state index is 14.7. The highest BCUT2D eigenvalue weighted by Gasteiger charge is 2.36. The average molecular weight is 508 g/mol. The van der Waals surface area contributed by atoms with Gasteiger partial charge in [0.05, 0.1) is 43.5 Å². The summed E-state index contributed by atoms with van der Waals surface area (Å²) in [5.41, 5.74) is -2.43. The maximum Gasteiger partial charge on any atom is 0.419 e.